The van der Waals surface area contributed by atoms with Gasteiger partial charge >= 0.3 is 0 Å². The zero-order valence-electron chi connectivity index (χ0n) is 13.8. The van der Waals surface area contributed by atoms with Crippen LogP contribution < -0.4 is 0 Å². The van der Waals surface area contributed by atoms with Gasteiger partial charge in [-0.2, -0.15) is 4.31 Å². The number of sulfonamides is 1. The van der Waals surface area contributed by atoms with Crippen molar-refractivity contribution in [2.75, 3.05) is 26.2 Å². The Hall–Kier alpha value is -2.46. The minimum atomic E-state index is -4.29. The molecule has 0 aromatic heterocycles. The summed E-state index contributed by atoms with van der Waals surface area (Å²) in [5.74, 6) is -4.52. The molecule has 0 saturated carbocycles. The molecule has 1 heterocycles. The van der Waals surface area contributed by atoms with Crippen LogP contribution in [-0.2, 0) is 10.0 Å². The van der Waals surface area contributed by atoms with Crippen LogP contribution in [0.2, 0.25) is 0 Å². The monoisotopic (exact) mass is 402 g/mol. The van der Waals surface area contributed by atoms with Crippen molar-refractivity contribution in [3.8, 4) is 0 Å². The number of rotatable bonds is 3. The molecule has 10 heteroatoms. The van der Waals surface area contributed by atoms with Crippen LogP contribution in [0.5, 0.6) is 0 Å². The zero-order valence-corrected chi connectivity index (χ0v) is 14.6. The molecule has 2 aromatic rings. The number of benzene rings is 2. The summed E-state index contributed by atoms with van der Waals surface area (Å²) in [6.45, 7) is -0.503. The first kappa shape index (κ1) is 19.3. The van der Waals surface area contributed by atoms with E-state index in [0.717, 1.165) is 28.6 Å². The summed E-state index contributed by atoms with van der Waals surface area (Å²) >= 11 is 0. The molecule has 27 heavy (non-hydrogen) atoms. The Kier molecular flexibility index (Phi) is 5.20. The summed E-state index contributed by atoms with van der Waals surface area (Å²) in [5, 5.41) is 0. The number of amides is 1. The second-order valence-electron chi connectivity index (χ2n) is 5.90. The molecule has 1 fully saturated rings. The molecule has 0 bridgehead atoms. The Morgan fingerprint density at radius 3 is 2.04 bits per heavy atom. The van der Waals surface area contributed by atoms with Crippen molar-refractivity contribution in [3.05, 3.63) is 65.2 Å². The minimum absolute atomic E-state index is 0.0776. The fraction of sp³-hybridized carbons (Fsp3) is 0.235. The normalized spacial score (nSPS) is 15.8. The highest BCUT2D eigenvalue weighted by atomic mass is 32.2. The van der Waals surface area contributed by atoms with Crippen LogP contribution in [0.1, 0.15) is 10.4 Å². The number of piperazine rings is 1. The van der Waals surface area contributed by atoms with Crippen molar-refractivity contribution in [2.24, 2.45) is 0 Å². The van der Waals surface area contributed by atoms with E-state index in [9.17, 15) is 30.8 Å². The van der Waals surface area contributed by atoms with Crippen molar-refractivity contribution < 1.29 is 30.8 Å². The summed E-state index contributed by atoms with van der Waals surface area (Å²) in [4.78, 5) is 12.8. The van der Waals surface area contributed by atoms with Gasteiger partial charge < -0.3 is 4.90 Å². The Morgan fingerprint density at radius 2 is 1.41 bits per heavy atom. The van der Waals surface area contributed by atoms with Crippen molar-refractivity contribution in [1.82, 2.24) is 9.21 Å². The Labute approximate surface area is 152 Å². The quantitative estimate of drug-likeness (QED) is 0.741. The molecule has 2 aromatic carbocycles. The first-order valence-electron chi connectivity index (χ1n) is 7.89. The average molecular weight is 402 g/mol. The standard InChI is InChI=1S/C17H14F4N2O3S/c18-11-1-3-13(15(21)9-11)17(24)22-5-7-23(8-6-22)27(25,26)16-10-12(19)2-4-14(16)20/h1-4,9-10H,5-8H2. The van der Waals surface area contributed by atoms with E-state index in [1.54, 1.807) is 0 Å². The molecule has 0 spiro atoms. The molecule has 144 valence electrons. The van der Waals surface area contributed by atoms with Gasteiger partial charge in [-0.25, -0.2) is 26.0 Å². The number of hydrogen-bond acceptors (Lipinski definition) is 3. The van der Waals surface area contributed by atoms with E-state index in [0.29, 0.717) is 12.1 Å². The molecule has 0 aliphatic carbocycles. The molecule has 1 aliphatic rings. The number of carbonyl (C=O) groups excluding carboxylic acids is 1. The first-order chi connectivity index (χ1) is 12.7. The summed E-state index contributed by atoms with van der Waals surface area (Å²) in [7, 11) is -4.29. The highest BCUT2D eigenvalue weighted by Gasteiger charge is 2.33. The summed E-state index contributed by atoms with van der Waals surface area (Å²) in [5.41, 5.74) is -0.330. The van der Waals surface area contributed by atoms with E-state index >= 15 is 0 Å². The fourth-order valence-electron chi connectivity index (χ4n) is 2.78. The molecular weight excluding hydrogens is 388 g/mol. The third-order valence-corrected chi connectivity index (χ3v) is 6.11. The fourth-order valence-corrected chi connectivity index (χ4v) is 4.28. The van der Waals surface area contributed by atoms with E-state index < -0.39 is 44.1 Å². The van der Waals surface area contributed by atoms with Crippen LogP contribution in [-0.4, -0.2) is 49.7 Å². The Balaban J connectivity index is 1.75. The van der Waals surface area contributed by atoms with Crippen LogP contribution >= 0.6 is 0 Å². The SMILES string of the molecule is O=C(c1ccc(F)cc1F)N1CCN(S(=O)(=O)c2cc(F)ccc2F)CC1. The van der Waals surface area contributed by atoms with Gasteiger partial charge in [-0.15, -0.1) is 0 Å². The van der Waals surface area contributed by atoms with Crippen molar-refractivity contribution in [2.45, 2.75) is 4.90 Å². The zero-order chi connectivity index (χ0) is 19.8. The van der Waals surface area contributed by atoms with Gasteiger partial charge in [0.1, 0.15) is 28.2 Å². The first-order valence-corrected chi connectivity index (χ1v) is 9.33. The van der Waals surface area contributed by atoms with Crippen molar-refractivity contribution in [1.29, 1.82) is 0 Å². The van der Waals surface area contributed by atoms with E-state index in [2.05, 4.69) is 0 Å². The van der Waals surface area contributed by atoms with Crippen LogP contribution in [0.15, 0.2) is 41.3 Å². The number of hydrogen-bond donors (Lipinski definition) is 0. The van der Waals surface area contributed by atoms with Crippen LogP contribution in [0.3, 0.4) is 0 Å². The highest BCUT2D eigenvalue weighted by Crippen LogP contribution is 2.22. The lowest BCUT2D eigenvalue weighted by atomic mass is 10.1. The molecule has 0 atom stereocenters. The maximum atomic E-state index is 13.8. The topological polar surface area (TPSA) is 57.7 Å². The summed E-state index contributed by atoms with van der Waals surface area (Å²) < 4.78 is 79.8. The van der Waals surface area contributed by atoms with Crippen LogP contribution in [0, 0.1) is 23.3 Å². The van der Waals surface area contributed by atoms with Crippen LogP contribution in [0.25, 0.3) is 0 Å². The van der Waals surface area contributed by atoms with Crippen molar-refractivity contribution in [3.63, 3.8) is 0 Å². The number of nitrogens with zero attached hydrogens (tertiary/aromatic N) is 2. The third-order valence-electron chi connectivity index (χ3n) is 4.20. The van der Waals surface area contributed by atoms with Gasteiger partial charge in [0.05, 0.1) is 5.56 Å². The second kappa shape index (κ2) is 7.28. The molecule has 1 amide bonds. The molecule has 1 saturated heterocycles. The summed E-state index contributed by atoms with van der Waals surface area (Å²) in [6.07, 6.45) is 0. The highest BCUT2D eigenvalue weighted by molar-refractivity contribution is 7.89. The average Bonchev–Trinajstić information content (AvgIpc) is 2.63. The maximum absolute atomic E-state index is 13.8. The molecule has 3 rings (SSSR count). The smallest absolute Gasteiger partial charge is 0.256 e. The molecular formula is C17H14F4N2O3S. The molecule has 0 radical (unpaired) electrons. The largest absolute Gasteiger partial charge is 0.336 e. The van der Waals surface area contributed by atoms with Gasteiger partial charge in [-0.05, 0) is 30.3 Å². The Bertz CT molecular complexity index is 990. The van der Waals surface area contributed by atoms with E-state index in [-0.39, 0.29) is 31.7 Å². The Morgan fingerprint density at radius 1 is 0.815 bits per heavy atom. The predicted molar refractivity (Wildman–Crippen MR) is 87.4 cm³/mol. The van der Waals surface area contributed by atoms with Gasteiger partial charge in [0.25, 0.3) is 5.91 Å². The molecule has 5 nitrogen and oxygen atoms in total. The van der Waals surface area contributed by atoms with E-state index in [1.807, 2.05) is 0 Å². The number of halogens is 4. The van der Waals surface area contributed by atoms with Gasteiger partial charge in [0.2, 0.25) is 10.0 Å². The lowest BCUT2D eigenvalue weighted by Crippen LogP contribution is -2.50. The lowest BCUT2D eigenvalue weighted by Gasteiger charge is -2.34. The lowest BCUT2D eigenvalue weighted by molar-refractivity contribution is 0.0693. The molecule has 0 unspecified atom stereocenters. The third kappa shape index (κ3) is 3.81. The predicted octanol–water partition coefficient (Wildman–Crippen LogP) is 2.39. The van der Waals surface area contributed by atoms with Gasteiger partial charge in [-0.1, -0.05) is 0 Å². The van der Waals surface area contributed by atoms with E-state index in [4.69, 9.17) is 0 Å². The van der Waals surface area contributed by atoms with Gasteiger partial charge in [0, 0.05) is 32.2 Å². The van der Waals surface area contributed by atoms with Gasteiger partial charge in [-0.3, -0.25) is 4.79 Å². The maximum Gasteiger partial charge on any atom is 0.256 e. The molecule has 1 aliphatic heterocycles. The van der Waals surface area contributed by atoms with Crippen LogP contribution in [0.4, 0.5) is 17.6 Å². The van der Waals surface area contributed by atoms with Gasteiger partial charge in [0.15, 0.2) is 0 Å². The van der Waals surface area contributed by atoms with Crippen molar-refractivity contribution >= 4 is 15.9 Å². The summed E-state index contributed by atoms with van der Waals surface area (Å²) in [6, 6.07) is 4.67. The second-order valence-corrected chi connectivity index (χ2v) is 7.80. The number of carbonyl (C=O) groups is 1. The molecule has 0 N–H and O–H groups in total. The van der Waals surface area contributed by atoms with E-state index in [1.165, 1.54) is 4.90 Å². The minimum Gasteiger partial charge on any atom is -0.336 e.